The molecule has 3 heteroatoms. The Kier molecular flexibility index (Phi) is 3.48. The lowest BCUT2D eigenvalue weighted by Gasteiger charge is -2.12. The van der Waals surface area contributed by atoms with E-state index in [1.807, 2.05) is 17.8 Å². The summed E-state index contributed by atoms with van der Waals surface area (Å²) >= 11 is 1.69. The van der Waals surface area contributed by atoms with Crippen LogP contribution in [0.2, 0.25) is 0 Å². The van der Waals surface area contributed by atoms with Gasteiger partial charge in [-0.3, -0.25) is 4.98 Å². The first-order valence-corrected chi connectivity index (χ1v) is 5.90. The SMILES string of the molecule is C[C@H](NCc1cncs1)c1ccccc1. The molecule has 1 N–H and O–H groups in total. The molecule has 2 nitrogen and oxygen atoms in total. The Bertz CT molecular complexity index is 383. The summed E-state index contributed by atoms with van der Waals surface area (Å²) in [7, 11) is 0. The van der Waals surface area contributed by atoms with Crippen molar-refractivity contribution in [3.8, 4) is 0 Å². The quantitative estimate of drug-likeness (QED) is 0.853. The molecular formula is C12H14N2S. The molecule has 0 saturated heterocycles. The maximum atomic E-state index is 4.05. The van der Waals surface area contributed by atoms with Crippen LogP contribution in [0.3, 0.4) is 0 Å². The lowest BCUT2D eigenvalue weighted by atomic mass is 10.1. The van der Waals surface area contributed by atoms with Gasteiger partial charge in [0.05, 0.1) is 5.51 Å². The van der Waals surface area contributed by atoms with Crippen LogP contribution in [0, 0.1) is 0 Å². The third-order valence-corrected chi connectivity index (χ3v) is 3.15. The summed E-state index contributed by atoms with van der Waals surface area (Å²) in [6, 6.07) is 10.8. The minimum absolute atomic E-state index is 0.383. The Morgan fingerprint density at radius 2 is 2.13 bits per heavy atom. The van der Waals surface area contributed by atoms with Crippen LogP contribution in [-0.2, 0) is 6.54 Å². The van der Waals surface area contributed by atoms with Gasteiger partial charge in [0.15, 0.2) is 0 Å². The maximum absolute atomic E-state index is 4.05. The molecule has 1 aromatic carbocycles. The van der Waals surface area contributed by atoms with Crippen molar-refractivity contribution in [2.45, 2.75) is 19.5 Å². The molecule has 0 saturated carbocycles. The molecule has 15 heavy (non-hydrogen) atoms. The molecule has 0 bridgehead atoms. The summed E-state index contributed by atoms with van der Waals surface area (Å²) in [6.07, 6.45) is 1.91. The third-order valence-electron chi connectivity index (χ3n) is 2.37. The summed E-state index contributed by atoms with van der Waals surface area (Å²) in [6.45, 7) is 3.07. The van der Waals surface area contributed by atoms with Crippen molar-refractivity contribution < 1.29 is 0 Å². The van der Waals surface area contributed by atoms with Gasteiger partial charge < -0.3 is 5.32 Å². The van der Waals surface area contributed by atoms with Crippen molar-refractivity contribution in [3.63, 3.8) is 0 Å². The number of benzene rings is 1. The molecule has 2 aromatic rings. The van der Waals surface area contributed by atoms with Crippen molar-refractivity contribution in [1.29, 1.82) is 0 Å². The van der Waals surface area contributed by atoms with Gasteiger partial charge in [0.25, 0.3) is 0 Å². The molecule has 0 aliphatic heterocycles. The molecule has 0 unspecified atom stereocenters. The van der Waals surface area contributed by atoms with E-state index in [-0.39, 0.29) is 0 Å². The molecule has 0 spiro atoms. The van der Waals surface area contributed by atoms with E-state index in [9.17, 15) is 0 Å². The molecule has 0 aliphatic rings. The normalized spacial score (nSPS) is 12.6. The Morgan fingerprint density at radius 3 is 2.80 bits per heavy atom. The second kappa shape index (κ2) is 5.05. The van der Waals surface area contributed by atoms with Crippen LogP contribution in [0.1, 0.15) is 23.4 Å². The van der Waals surface area contributed by atoms with Crippen LogP contribution < -0.4 is 5.32 Å². The molecule has 0 fully saturated rings. The lowest BCUT2D eigenvalue weighted by Crippen LogP contribution is -2.17. The molecule has 0 amide bonds. The standard InChI is InChI=1S/C12H14N2S/c1-10(11-5-3-2-4-6-11)14-8-12-7-13-9-15-12/h2-7,9-10,14H,8H2,1H3/t10-/m0/s1. The van der Waals surface area contributed by atoms with E-state index in [1.54, 1.807) is 11.3 Å². The van der Waals surface area contributed by atoms with Gasteiger partial charge in [0.1, 0.15) is 0 Å². The van der Waals surface area contributed by atoms with E-state index in [1.165, 1.54) is 10.4 Å². The fourth-order valence-electron chi connectivity index (χ4n) is 1.44. The minimum atomic E-state index is 0.383. The second-order valence-corrected chi connectivity index (χ2v) is 4.45. The molecule has 1 aromatic heterocycles. The highest BCUT2D eigenvalue weighted by Gasteiger charge is 2.03. The average Bonchev–Trinajstić information content (AvgIpc) is 2.80. The number of hydrogen-bond donors (Lipinski definition) is 1. The first kappa shape index (κ1) is 10.3. The number of aromatic nitrogens is 1. The minimum Gasteiger partial charge on any atom is -0.305 e. The second-order valence-electron chi connectivity index (χ2n) is 3.48. The zero-order valence-electron chi connectivity index (χ0n) is 8.68. The highest BCUT2D eigenvalue weighted by molar-refractivity contribution is 7.09. The van der Waals surface area contributed by atoms with Gasteiger partial charge in [0, 0.05) is 23.7 Å². The zero-order valence-corrected chi connectivity index (χ0v) is 9.50. The van der Waals surface area contributed by atoms with E-state index in [2.05, 4.69) is 41.5 Å². The van der Waals surface area contributed by atoms with Crippen molar-refractivity contribution in [2.24, 2.45) is 0 Å². The Balaban J connectivity index is 1.90. The van der Waals surface area contributed by atoms with E-state index in [4.69, 9.17) is 0 Å². The Hall–Kier alpha value is -1.19. The van der Waals surface area contributed by atoms with E-state index < -0.39 is 0 Å². The van der Waals surface area contributed by atoms with Crippen LogP contribution in [0.4, 0.5) is 0 Å². The maximum Gasteiger partial charge on any atom is 0.0794 e. The van der Waals surface area contributed by atoms with Gasteiger partial charge >= 0.3 is 0 Å². The summed E-state index contributed by atoms with van der Waals surface area (Å²) in [4.78, 5) is 5.33. The fraction of sp³-hybridized carbons (Fsp3) is 0.250. The van der Waals surface area contributed by atoms with Crippen molar-refractivity contribution in [1.82, 2.24) is 10.3 Å². The highest BCUT2D eigenvalue weighted by Crippen LogP contribution is 2.13. The van der Waals surface area contributed by atoms with Crippen molar-refractivity contribution in [2.75, 3.05) is 0 Å². The monoisotopic (exact) mass is 218 g/mol. The van der Waals surface area contributed by atoms with Crippen LogP contribution >= 0.6 is 11.3 Å². The average molecular weight is 218 g/mol. The highest BCUT2D eigenvalue weighted by atomic mass is 32.1. The molecule has 0 aliphatic carbocycles. The van der Waals surface area contributed by atoms with Crippen LogP contribution in [0.15, 0.2) is 42.0 Å². The van der Waals surface area contributed by atoms with Gasteiger partial charge in [0.2, 0.25) is 0 Å². The molecular weight excluding hydrogens is 204 g/mol. The van der Waals surface area contributed by atoms with Crippen LogP contribution in [0.5, 0.6) is 0 Å². The van der Waals surface area contributed by atoms with E-state index in [0.717, 1.165) is 6.54 Å². The third kappa shape index (κ3) is 2.88. The van der Waals surface area contributed by atoms with Gasteiger partial charge in [-0.15, -0.1) is 11.3 Å². The van der Waals surface area contributed by atoms with Crippen molar-refractivity contribution in [3.05, 3.63) is 52.5 Å². The Labute approximate surface area is 94.0 Å². The summed E-state index contributed by atoms with van der Waals surface area (Å²) in [5.41, 5.74) is 3.19. The summed E-state index contributed by atoms with van der Waals surface area (Å²) in [5.74, 6) is 0. The topological polar surface area (TPSA) is 24.9 Å². The largest absolute Gasteiger partial charge is 0.305 e. The van der Waals surface area contributed by atoms with Gasteiger partial charge in [-0.2, -0.15) is 0 Å². The number of rotatable bonds is 4. The van der Waals surface area contributed by atoms with Gasteiger partial charge in [-0.1, -0.05) is 30.3 Å². The summed E-state index contributed by atoms with van der Waals surface area (Å²) in [5, 5.41) is 3.47. The van der Waals surface area contributed by atoms with Crippen molar-refractivity contribution >= 4 is 11.3 Å². The number of nitrogens with zero attached hydrogens (tertiary/aromatic N) is 1. The van der Waals surface area contributed by atoms with E-state index in [0.29, 0.717) is 6.04 Å². The first-order valence-electron chi connectivity index (χ1n) is 5.02. The first-order chi connectivity index (χ1) is 7.36. The Morgan fingerprint density at radius 1 is 1.33 bits per heavy atom. The number of thiazole rings is 1. The lowest BCUT2D eigenvalue weighted by molar-refractivity contribution is 0.578. The fourth-order valence-corrected chi connectivity index (χ4v) is 1.99. The number of nitrogens with one attached hydrogen (secondary N) is 1. The van der Waals surface area contributed by atoms with Gasteiger partial charge in [-0.05, 0) is 12.5 Å². The van der Waals surface area contributed by atoms with E-state index >= 15 is 0 Å². The molecule has 78 valence electrons. The van der Waals surface area contributed by atoms with Gasteiger partial charge in [-0.25, -0.2) is 0 Å². The molecule has 0 radical (unpaired) electrons. The predicted octanol–water partition coefficient (Wildman–Crippen LogP) is 2.99. The molecule has 1 heterocycles. The smallest absolute Gasteiger partial charge is 0.0794 e. The molecule has 2 rings (SSSR count). The summed E-state index contributed by atoms with van der Waals surface area (Å²) < 4.78 is 0. The number of hydrogen-bond acceptors (Lipinski definition) is 3. The zero-order chi connectivity index (χ0) is 10.5. The molecule has 1 atom stereocenters. The van der Waals surface area contributed by atoms with Crippen LogP contribution in [0.25, 0.3) is 0 Å². The predicted molar refractivity (Wildman–Crippen MR) is 63.8 cm³/mol. The van der Waals surface area contributed by atoms with Crippen LogP contribution in [-0.4, -0.2) is 4.98 Å².